The summed E-state index contributed by atoms with van der Waals surface area (Å²) in [6.45, 7) is 4.67. The molecular formula is C22H24ClN3O4. The van der Waals surface area contributed by atoms with E-state index in [1.807, 2.05) is 19.1 Å². The van der Waals surface area contributed by atoms with Crippen LogP contribution in [0.3, 0.4) is 0 Å². The fraction of sp³-hybridized carbons (Fsp3) is 0.364. The first-order chi connectivity index (χ1) is 14.4. The van der Waals surface area contributed by atoms with Crippen molar-refractivity contribution >= 4 is 34.8 Å². The smallest absolute Gasteiger partial charge is 0.251 e. The highest BCUT2D eigenvalue weighted by Crippen LogP contribution is 2.37. The molecule has 2 amide bonds. The maximum Gasteiger partial charge on any atom is 0.251 e. The average Bonchev–Trinajstić information content (AvgIpc) is 3.04. The highest BCUT2D eigenvalue weighted by molar-refractivity contribution is 6.32. The van der Waals surface area contributed by atoms with Gasteiger partial charge in [-0.05, 0) is 42.8 Å². The lowest BCUT2D eigenvalue weighted by Gasteiger charge is -2.38. The number of amides is 2. The summed E-state index contributed by atoms with van der Waals surface area (Å²) in [5.41, 5.74) is 2.25. The van der Waals surface area contributed by atoms with Gasteiger partial charge in [-0.25, -0.2) is 4.90 Å². The maximum atomic E-state index is 13.2. The molecule has 2 aromatic carbocycles. The monoisotopic (exact) mass is 429 g/mol. The molecule has 4 rings (SSSR count). The van der Waals surface area contributed by atoms with Crippen molar-refractivity contribution in [2.45, 2.75) is 19.4 Å². The molecule has 0 aliphatic carbocycles. The largest absolute Gasteiger partial charge is 0.508 e. The van der Waals surface area contributed by atoms with Crippen LogP contribution in [0.2, 0.25) is 5.02 Å². The van der Waals surface area contributed by atoms with E-state index in [0.717, 1.165) is 24.3 Å². The van der Waals surface area contributed by atoms with Gasteiger partial charge in [0.25, 0.3) is 5.91 Å². The van der Waals surface area contributed by atoms with Crippen LogP contribution in [0, 0.1) is 6.92 Å². The number of aromatic hydroxyl groups is 1. The molecule has 2 heterocycles. The van der Waals surface area contributed by atoms with Crippen molar-refractivity contribution in [2.24, 2.45) is 0 Å². The van der Waals surface area contributed by atoms with Crippen LogP contribution in [0.1, 0.15) is 12.0 Å². The van der Waals surface area contributed by atoms with E-state index in [1.54, 1.807) is 24.3 Å². The predicted molar refractivity (Wildman–Crippen MR) is 116 cm³/mol. The SMILES string of the molecule is COc1cc(Cl)c(C)cc1N1C(=O)CC(N2CCN(c3ccc(O)cc3)CC2)C1=O. The number of rotatable bonds is 4. The Morgan fingerprint density at radius 3 is 2.37 bits per heavy atom. The quantitative estimate of drug-likeness (QED) is 0.753. The van der Waals surface area contributed by atoms with Gasteiger partial charge in [0, 0.05) is 43.0 Å². The molecule has 1 N–H and O–H groups in total. The average molecular weight is 430 g/mol. The first-order valence-electron chi connectivity index (χ1n) is 9.88. The number of nitrogens with zero attached hydrogens (tertiary/aromatic N) is 3. The number of methoxy groups -OCH3 is 1. The van der Waals surface area contributed by atoms with Crippen LogP contribution in [0.5, 0.6) is 11.5 Å². The van der Waals surface area contributed by atoms with Crippen LogP contribution in [-0.2, 0) is 9.59 Å². The molecule has 158 valence electrons. The minimum atomic E-state index is -0.472. The number of anilines is 2. The Kier molecular flexibility index (Phi) is 5.58. The van der Waals surface area contributed by atoms with E-state index in [1.165, 1.54) is 12.0 Å². The number of phenols is 1. The van der Waals surface area contributed by atoms with Crippen molar-refractivity contribution in [3.8, 4) is 11.5 Å². The first-order valence-corrected chi connectivity index (χ1v) is 10.3. The number of carbonyl (C=O) groups is 2. The molecule has 8 heteroatoms. The van der Waals surface area contributed by atoms with Crippen LogP contribution in [0.25, 0.3) is 0 Å². The van der Waals surface area contributed by atoms with Gasteiger partial charge in [0.05, 0.1) is 25.3 Å². The second-order valence-electron chi connectivity index (χ2n) is 7.60. The van der Waals surface area contributed by atoms with Gasteiger partial charge in [-0.1, -0.05) is 11.6 Å². The van der Waals surface area contributed by atoms with Crippen molar-refractivity contribution in [3.63, 3.8) is 0 Å². The van der Waals surface area contributed by atoms with Crippen LogP contribution >= 0.6 is 11.6 Å². The molecule has 2 saturated heterocycles. The van der Waals surface area contributed by atoms with Gasteiger partial charge in [-0.15, -0.1) is 0 Å². The lowest BCUT2D eigenvalue weighted by molar-refractivity contribution is -0.123. The van der Waals surface area contributed by atoms with Crippen molar-refractivity contribution < 1.29 is 19.4 Å². The summed E-state index contributed by atoms with van der Waals surface area (Å²) in [7, 11) is 1.50. The van der Waals surface area contributed by atoms with E-state index in [4.69, 9.17) is 16.3 Å². The summed E-state index contributed by atoms with van der Waals surface area (Å²) < 4.78 is 5.37. The number of halogens is 1. The van der Waals surface area contributed by atoms with Crippen molar-refractivity contribution in [2.75, 3.05) is 43.1 Å². The van der Waals surface area contributed by atoms with Crippen LogP contribution < -0.4 is 14.5 Å². The fourth-order valence-corrected chi connectivity index (χ4v) is 4.25. The molecule has 0 bridgehead atoms. The van der Waals surface area contributed by atoms with E-state index in [-0.39, 0.29) is 24.0 Å². The third kappa shape index (κ3) is 3.70. The summed E-state index contributed by atoms with van der Waals surface area (Å²) in [4.78, 5) is 31.5. The number of aryl methyl sites for hydroxylation is 1. The second-order valence-corrected chi connectivity index (χ2v) is 8.01. The lowest BCUT2D eigenvalue weighted by Crippen LogP contribution is -2.52. The standard InChI is InChI=1S/C22H24ClN3O4/c1-14-11-18(20(30-2)12-17(14)23)26-21(28)13-19(22(26)29)25-9-7-24(8-10-25)15-3-5-16(27)6-4-15/h3-6,11-12,19,27H,7-10,13H2,1-2H3. The number of hydrogen-bond donors (Lipinski definition) is 1. The molecule has 1 atom stereocenters. The summed E-state index contributed by atoms with van der Waals surface area (Å²) in [5, 5.41) is 9.99. The van der Waals surface area contributed by atoms with Gasteiger partial charge in [-0.2, -0.15) is 0 Å². The molecule has 0 aromatic heterocycles. The Bertz CT molecular complexity index is 971. The zero-order valence-electron chi connectivity index (χ0n) is 17.0. The van der Waals surface area contributed by atoms with Gasteiger partial charge in [0.15, 0.2) is 0 Å². The fourth-order valence-electron chi connectivity index (χ4n) is 4.10. The number of carbonyl (C=O) groups excluding carboxylic acids is 2. The molecule has 2 fully saturated rings. The molecule has 0 saturated carbocycles. The third-order valence-corrected chi connectivity index (χ3v) is 6.20. The number of ether oxygens (including phenoxy) is 1. The van der Waals surface area contributed by atoms with Gasteiger partial charge in [-0.3, -0.25) is 14.5 Å². The molecule has 2 aliphatic rings. The number of hydrogen-bond acceptors (Lipinski definition) is 6. The predicted octanol–water partition coefficient (Wildman–Crippen LogP) is 2.82. The third-order valence-electron chi connectivity index (χ3n) is 5.79. The Hall–Kier alpha value is -2.77. The molecule has 2 aromatic rings. The summed E-state index contributed by atoms with van der Waals surface area (Å²) in [6.07, 6.45) is 0.156. The van der Waals surface area contributed by atoms with Gasteiger partial charge < -0.3 is 14.7 Å². The minimum absolute atomic E-state index is 0.156. The Labute approximate surface area is 180 Å². The van der Waals surface area contributed by atoms with E-state index < -0.39 is 6.04 Å². The van der Waals surface area contributed by atoms with Crippen molar-refractivity contribution in [1.82, 2.24) is 4.90 Å². The first kappa shape index (κ1) is 20.5. The molecule has 7 nitrogen and oxygen atoms in total. The zero-order valence-corrected chi connectivity index (χ0v) is 17.7. The van der Waals surface area contributed by atoms with Crippen LogP contribution in [0.15, 0.2) is 36.4 Å². The van der Waals surface area contributed by atoms with E-state index in [2.05, 4.69) is 9.80 Å². The summed E-state index contributed by atoms with van der Waals surface area (Å²) in [6, 6.07) is 9.98. The van der Waals surface area contributed by atoms with Crippen LogP contribution in [0.4, 0.5) is 11.4 Å². The Balaban J connectivity index is 1.49. The highest BCUT2D eigenvalue weighted by atomic mass is 35.5. The maximum absolute atomic E-state index is 13.2. The van der Waals surface area contributed by atoms with Crippen molar-refractivity contribution in [1.29, 1.82) is 0 Å². The van der Waals surface area contributed by atoms with E-state index in [0.29, 0.717) is 29.5 Å². The number of piperazine rings is 1. The second kappa shape index (κ2) is 8.16. The molecular weight excluding hydrogens is 406 g/mol. The van der Waals surface area contributed by atoms with Gasteiger partial charge in [0.2, 0.25) is 5.91 Å². The molecule has 1 unspecified atom stereocenters. The molecule has 2 aliphatic heterocycles. The summed E-state index contributed by atoms with van der Waals surface area (Å²) >= 11 is 6.17. The highest BCUT2D eigenvalue weighted by Gasteiger charge is 2.44. The zero-order chi connectivity index (χ0) is 21.4. The van der Waals surface area contributed by atoms with Crippen molar-refractivity contribution in [3.05, 3.63) is 47.0 Å². The molecule has 30 heavy (non-hydrogen) atoms. The van der Waals surface area contributed by atoms with Gasteiger partial charge >= 0.3 is 0 Å². The molecule has 0 spiro atoms. The minimum Gasteiger partial charge on any atom is -0.508 e. The number of phenolic OH excluding ortho intramolecular Hbond substituents is 1. The summed E-state index contributed by atoms with van der Waals surface area (Å²) in [5.74, 6) is 0.189. The lowest BCUT2D eigenvalue weighted by atomic mass is 10.1. The Morgan fingerprint density at radius 2 is 1.73 bits per heavy atom. The number of benzene rings is 2. The van der Waals surface area contributed by atoms with E-state index >= 15 is 0 Å². The van der Waals surface area contributed by atoms with Crippen LogP contribution in [-0.4, -0.2) is 61.2 Å². The van der Waals surface area contributed by atoms with Gasteiger partial charge in [0.1, 0.15) is 11.5 Å². The topological polar surface area (TPSA) is 73.3 Å². The normalized spacial score (nSPS) is 20.2. The number of imide groups is 1. The van der Waals surface area contributed by atoms with E-state index in [9.17, 15) is 14.7 Å². The Morgan fingerprint density at radius 1 is 1.07 bits per heavy atom. The molecule has 0 radical (unpaired) electrons.